The van der Waals surface area contributed by atoms with Crippen LogP contribution in [0.15, 0.2) is 0 Å². The van der Waals surface area contributed by atoms with Gasteiger partial charge < -0.3 is 9.84 Å². The summed E-state index contributed by atoms with van der Waals surface area (Å²) in [6.07, 6.45) is 3.93. The first-order valence-electron chi connectivity index (χ1n) is 3.19. The van der Waals surface area contributed by atoms with Crippen molar-refractivity contribution in [2.45, 2.75) is 19.3 Å². The largest absolute Gasteiger partial charge is 0.469 e. The zero-order chi connectivity index (χ0) is 7.82. The fraction of sp³-hybridized carbons (Fsp3) is 0.833. The van der Waals surface area contributed by atoms with E-state index >= 15 is 0 Å². The van der Waals surface area contributed by atoms with Crippen LogP contribution >= 0.6 is 11.6 Å². The van der Waals surface area contributed by atoms with Gasteiger partial charge in [0.2, 0.25) is 0 Å². The number of carbonyl (C=O) groups is 1. The Labute approximate surface area is 64.9 Å². The summed E-state index contributed by atoms with van der Waals surface area (Å²) >= 11 is 4.19. The molecule has 1 saturated heterocycles. The highest BCUT2D eigenvalue weighted by atomic mass is 35.5. The van der Waals surface area contributed by atoms with E-state index in [-0.39, 0.29) is 0 Å². The molecule has 0 aromatic heterocycles. The standard InChI is InChI=1S/C5H10O.CHClO2/c1-2-4-6-5-3-1;2-1(3)4/h1-5H2;(H,3,4). The molecule has 4 heteroatoms. The van der Waals surface area contributed by atoms with Gasteiger partial charge in [-0.2, -0.15) is 0 Å². The third kappa shape index (κ3) is 10.7. The minimum atomic E-state index is -1.36. The molecule has 3 nitrogen and oxygen atoms in total. The first-order valence-corrected chi connectivity index (χ1v) is 3.57. The van der Waals surface area contributed by atoms with E-state index in [0.717, 1.165) is 13.2 Å². The fourth-order valence-electron chi connectivity index (χ4n) is 0.687. The van der Waals surface area contributed by atoms with Crippen LogP contribution in [0, 0.1) is 0 Å². The molecule has 0 unspecified atom stereocenters. The second kappa shape index (κ2) is 6.83. The fourth-order valence-corrected chi connectivity index (χ4v) is 0.687. The van der Waals surface area contributed by atoms with Crippen LogP contribution in [0.5, 0.6) is 0 Å². The van der Waals surface area contributed by atoms with Crippen LogP contribution < -0.4 is 0 Å². The van der Waals surface area contributed by atoms with Crippen LogP contribution in [0.3, 0.4) is 0 Å². The van der Waals surface area contributed by atoms with Crippen LogP contribution in [0.1, 0.15) is 19.3 Å². The molecule has 0 aliphatic carbocycles. The second-order valence-electron chi connectivity index (χ2n) is 1.93. The van der Waals surface area contributed by atoms with Gasteiger partial charge in [-0.05, 0) is 19.3 Å². The van der Waals surface area contributed by atoms with Gasteiger partial charge in [0.1, 0.15) is 0 Å². The molecule has 0 saturated carbocycles. The average molecular weight is 167 g/mol. The maximum atomic E-state index is 8.77. The lowest BCUT2D eigenvalue weighted by Crippen LogP contribution is -2.03. The Balaban J connectivity index is 0.000000180. The lowest BCUT2D eigenvalue weighted by atomic mass is 10.2. The molecule has 0 amide bonds. The number of rotatable bonds is 0. The van der Waals surface area contributed by atoms with E-state index < -0.39 is 5.43 Å². The summed E-state index contributed by atoms with van der Waals surface area (Å²) < 4.78 is 5.07. The Morgan fingerprint density at radius 3 is 1.80 bits per heavy atom. The quantitative estimate of drug-likeness (QED) is 0.561. The summed E-state index contributed by atoms with van der Waals surface area (Å²) in [5, 5.41) is 7.18. The van der Waals surface area contributed by atoms with Crippen molar-refractivity contribution in [1.29, 1.82) is 0 Å². The molecular formula is C6H11ClO3. The van der Waals surface area contributed by atoms with Crippen LogP contribution in [0.4, 0.5) is 4.79 Å². The maximum Gasteiger partial charge on any atom is 0.401 e. The van der Waals surface area contributed by atoms with Crippen molar-refractivity contribution >= 4 is 17.0 Å². The number of halogens is 1. The van der Waals surface area contributed by atoms with Crippen molar-refractivity contribution in [2.75, 3.05) is 13.2 Å². The summed E-state index contributed by atoms with van der Waals surface area (Å²) in [5.41, 5.74) is -1.36. The predicted octanol–water partition coefficient (Wildman–Crippen LogP) is 2.09. The predicted molar refractivity (Wildman–Crippen MR) is 38.5 cm³/mol. The van der Waals surface area contributed by atoms with Crippen LogP contribution in [0.2, 0.25) is 0 Å². The smallest absolute Gasteiger partial charge is 0.401 e. The minimum Gasteiger partial charge on any atom is -0.469 e. The molecule has 1 heterocycles. The van der Waals surface area contributed by atoms with Gasteiger partial charge in [-0.3, -0.25) is 0 Å². The molecule has 1 aliphatic rings. The Bertz CT molecular complexity index is 75.5. The van der Waals surface area contributed by atoms with Gasteiger partial charge in [-0.1, -0.05) is 0 Å². The third-order valence-electron chi connectivity index (χ3n) is 1.08. The molecule has 60 valence electrons. The Morgan fingerprint density at radius 2 is 1.70 bits per heavy atom. The molecule has 1 rings (SSSR count). The highest BCUT2D eigenvalue weighted by Crippen LogP contribution is 2.02. The molecule has 1 fully saturated rings. The average Bonchev–Trinajstić information content (AvgIpc) is 1.90. The lowest BCUT2D eigenvalue weighted by molar-refractivity contribution is 0.0968. The van der Waals surface area contributed by atoms with Gasteiger partial charge in [0, 0.05) is 24.8 Å². The summed E-state index contributed by atoms with van der Waals surface area (Å²) in [4.78, 5) is 8.77. The first kappa shape index (κ1) is 9.72. The van der Waals surface area contributed by atoms with Crippen LogP contribution in [0.25, 0.3) is 0 Å². The summed E-state index contributed by atoms with van der Waals surface area (Å²) in [6, 6.07) is 0. The SMILES string of the molecule is C1CCOCC1.O=C(O)Cl. The molecule has 0 atom stereocenters. The van der Waals surface area contributed by atoms with Crippen molar-refractivity contribution in [3.05, 3.63) is 0 Å². The molecule has 0 bridgehead atoms. The van der Waals surface area contributed by atoms with Gasteiger partial charge in [0.05, 0.1) is 0 Å². The van der Waals surface area contributed by atoms with E-state index in [1.807, 2.05) is 0 Å². The number of ether oxygens (including phenoxy) is 1. The topological polar surface area (TPSA) is 46.5 Å². The van der Waals surface area contributed by atoms with E-state index in [1.54, 1.807) is 0 Å². The highest BCUT2D eigenvalue weighted by molar-refractivity contribution is 6.60. The van der Waals surface area contributed by atoms with Gasteiger partial charge in [-0.25, -0.2) is 4.79 Å². The van der Waals surface area contributed by atoms with Crippen LogP contribution in [-0.4, -0.2) is 23.7 Å². The molecule has 0 radical (unpaired) electrons. The minimum absolute atomic E-state index is 1.00. The summed E-state index contributed by atoms with van der Waals surface area (Å²) in [5.74, 6) is 0. The summed E-state index contributed by atoms with van der Waals surface area (Å²) in [6.45, 7) is 2.00. The van der Waals surface area contributed by atoms with Crippen molar-refractivity contribution in [3.63, 3.8) is 0 Å². The zero-order valence-corrected chi connectivity index (χ0v) is 6.43. The normalized spacial score (nSPS) is 16.9. The second-order valence-corrected chi connectivity index (χ2v) is 2.25. The van der Waals surface area contributed by atoms with E-state index in [0.29, 0.717) is 0 Å². The van der Waals surface area contributed by atoms with E-state index in [2.05, 4.69) is 11.6 Å². The summed E-state index contributed by atoms with van der Waals surface area (Å²) in [7, 11) is 0. The van der Waals surface area contributed by atoms with Gasteiger partial charge in [0.25, 0.3) is 0 Å². The molecule has 1 N–H and O–H groups in total. The molecule has 0 spiro atoms. The van der Waals surface area contributed by atoms with Crippen molar-refractivity contribution in [3.8, 4) is 0 Å². The van der Waals surface area contributed by atoms with Crippen molar-refractivity contribution < 1.29 is 14.6 Å². The number of carboxylic acid groups (broad SMARTS) is 1. The van der Waals surface area contributed by atoms with Gasteiger partial charge >= 0.3 is 5.43 Å². The Hall–Kier alpha value is -0.280. The molecule has 1 aliphatic heterocycles. The molecule has 10 heavy (non-hydrogen) atoms. The lowest BCUT2D eigenvalue weighted by Gasteiger charge is -2.08. The Kier molecular flexibility index (Phi) is 6.64. The number of hydrogen-bond donors (Lipinski definition) is 1. The zero-order valence-electron chi connectivity index (χ0n) is 5.68. The van der Waals surface area contributed by atoms with Crippen LogP contribution in [-0.2, 0) is 4.74 Å². The highest BCUT2D eigenvalue weighted by Gasteiger charge is 1.94. The van der Waals surface area contributed by atoms with E-state index in [9.17, 15) is 0 Å². The monoisotopic (exact) mass is 166 g/mol. The molecule has 0 aromatic rings. The van der Waals surface area contributed by atoms with Gasteiger partial charge in [0.15, 0.2) is 0 Å². The molecule has 0 aromatic carbocycles. The number of hydrogen-bond acceptors (Lipinski definition) is 2. The molecular weight excluding hydrogens is 156 g/mol. The Morgan fingerprint density at radius 1 is 1.30 bits per heavy atom. The first-order chi connectivity index (χ1) is 4.73. The maximum absolute atomic E-state index is 8.77. The third-order valence-corrected chi connectivity index (χ3v) is 1.08. The van der Waals surface area contributed by atoms with Crippen molar-refractivity contribution in [1.82, 2.24) is 0 Å². The van der Waals surface area contributed by atoms with E-state index in [1.165, 1.54) is 19.3 Å². The van der Waals surface area contributed by atoms with E-state index in [4.69, 9.17) is 14.6 Å². The van der Waals surface area contributed by atoms with Crippen molar-refractivity contribution in [2.24, 2.45) is 0 Å². The van der Waals surface area contributed by atoms with Gasteiger partial charge in [-0.15, -0.1) is 0 Å².